The highest BCUT2D eigenvalue weighted by Crippen LogP contribution is 2.68. The molecule has 5 N–H and O–H groups in total. The van der Waals surface area contributed by atoms with Gasteiger partial charge in [-0.2, -0.15) is 45.3 Å². The van der Waals surface area contributed by atoms with Crippen LogP contribution in [-0.2, 0) is 89.6 Å². The van der Waals surface area contributed by atoms with Crippen LogP contribution in [0, 0.1) is 36.3 Å². The Bertz CT molecular complexity index is 4060. The van der Waals surface area contributed by atoms with E-state index in [9.17, 15) is 90.6 Å². The Kier molecular flexibility index (Phi) is 17.8. The third-order valence-electron chi connectivity index (χ3n) is 14.3. The number of phosphoric acid groups is 1. The van der Waals surface area contributed by atoms with Crippen LogP contribution in [0.4, 0.5) is 43.9 Å². The molecular weight excluding hydrogens is 1280 g/mol. The molecule has 0 saturated heterocycles. The highest BCUT2D eigenvalue weighted by Gasteiger charge is 2.68. The average Bonchev–Trinajstić information content (AvgIpc) is 1.53. The number of phosphoric ester groups is 1. The van der Waals surface area contributed by atoms with Crippen molar-refractivity contribution in [2.75, 3.05) is 6.26 Å². The van der Waals surface area contributed by atoms with Crippen LogP contribution in [0.1, 0.15) is 109 Å². The minimum atomic E-state index is -5.46. The zero-order valence-electron chi connectivity index (χ0n) is 45.9. The molecule has 35 heteroatoms. The van der Waals surface area contributed by atoms with Gasteiger partial charge in [-0.3, -0.25) is 41.8 Å². The van der Waals surface area contributed by atoms with Crippen LogP contribution >= 0.6 is 27.0 Å². The molecule has 8 rings (SSSR count). The van der Waals surface area contributed by atoms with E-state index in [4.69, 9.17) is 16.1 Å². The summed E-state index contributed by atoms with van der Waals surface area (Å²) in [5.41, 5.74) is -9.17. The Labute approximate surface area is 495 Å². The molecule has 1 fully saturated rings. The summed E-state index contributed by atoms with van der Waals surface area (Å²) in [6, 6.07) is 6.84. The summed E-state index contributed by atoms with van der Waals surface area (Å²) in [5, 5.41) is 8.91. The first-order chi connectivity index (χ1) is 39.7. The van der Waals surface area contributed by atoms with Gasteiger partial charge in [0.2, 0.25) is 11.8 Å². The van der Waals surface area contributed by atoms with E-state index in [1.165, 1.54) is 40.7 Å². The van der Waals surface area contributed by atoms with E-state index in [0.717, 1.165) is 48.7 Å². The Morgan fingerprint density at radius 2 is 1.60 bits per heavy atom. The Balaban J connectivity index is 1.30. The van der Waals surface area contributed by atoms with Crippen LogP contribution in [0.2, 0.25) is 5.02 Å². The lowest BCUT2D eigenvalue weighted by Gasteiger charge is -2.33. The predicted molar refractivity (Wildman–Crippen MR) is 289 cm³/mol. The van der Waals surface area contributed by atoms with Crippen molar-refractivity contribution in [3.63, 3.8) is 0 Å². The maximum atomic E-state index is 15.7. The third kappa shape index (κ3) is 14.8. The van der Waals surface area contributed by atoms with Gasteiger partial charge in [0.15, 0.2) is 15.5 Å². The number of aryl methyl sites for hydroxylation is 1. The second-order valence-electron chi connectivity index (χ2n) is 22.0. The molecule has 3 aromatic heterocycles. The molecule has 0 aliphatic heterocycles. The van der Waals surface area contributed by atoms with Crippen molar-refractivity contribution in [2.24, 2.45) is 5.92 Å². The Morgan fingerprint density at radius 3 is 2.17 bits per heavy atom. The number of nitrogens with zero attached hydrogens (tertiary/aromatic N) is 6. The van der Waals surface area contributed by atoms with Crippen LogP contribution in [0.5, 0.6) is 5.75 Å². The summed E-state index contributed by atoms with van der Waals surface area (Å²) < 4.78 is 229. The van der Waals surface area contributed by atoms with Crippen LogP contribution in [-0.4, -0.2) is 94.6 Å². The number of benzene rings is 3. The normalized spacial score (nSPS) is 16.9. The number of sulfone groups is 1. The second kappa shape index (κ2) is 23.3. The van der Waals surface area contributed by atoms with Gasteiger partial charge in [-0.25, -0.2) is 26.7 Å². The highest BCUT2D eigenvalue weighted by atomic mass is 35.5. The van der Waals surface area contributed by atoms with E-state index < -0.39 is 195 Å². The molecule has 0 spiro atoms. The topological polar surface area (TPSA) is 297 Å². The van der Waals surface area contributed by atoms with Crippen molar-refractivity contribution < 1.29 is 104 Å². The maximum Gasteiger partial charge on any atom is 0.524 e. The maximum absolute atomic E-state index is 15.7. The molecule has 3 heterocycles. The Hall–Kier alpha value is -6.26. The van der Waals surface area contributed by atoms with Crippen molar-refractivity contribution in [1.82, 2.24) is 34.2 Å². The minimum absolute atomic E-state index is 0.0819. The van der Waals surface area contributed by atoms with E-state index in [1.807, 2.05) is 0 Å². The smallest absolute Gasteiger partial charge is 0.524 e. The fourth-order valence-corrected chi connectivity index (χ4v) is 12.6. The first-order valence-electron chi connectivity index (χ1n) is 25.4. The number of pyridine rings is 1. The lowest BCUT2D eigenvalue weighted by Crippen LogP contribution is -2.37. The van der Waals surface area contributed by atoms with Gasteiger partial charge in [0.05, 0.1) is 51.9 Å². The summed E-state index contributed by atoms with van der Waals surface area (Å²) >= 11 is 3.08. The summed E-state index contributed by atoms with van der Waals surface area (Å²) in [5.74, 6) is -7.39. The second-order valence-corrected chi connectivity index (χ2v) is 28.7. The van der Waals surface area contributed by atoms with E-state index in [2.05, 4.69) is 32.3 Å². The van der Waals surface area contributed by atoms with Gasteiger partial charge < -0.3 is 24.2 Å². The molecule has 20 nitrogen and oxygen atoms in total. The van der Waals surface area contributed by atoms with Crippen molar-refractivity contribution >= 4 is 70.8 Å². The molecule has 87 heavy (non-hydrogen) atoms. The van der Waals surface area contributed by atoms with Crippen LogP contribution < -0.4 is 9.84 Å². The fourth-order valence-electron chi connectivity index (χ4n) is 10.5. The molecule has 470 valence electrons. The van der Waals surface area contributed by atoms with Gasteiger partial charge in [-0.05, 0) is 98.5 Å². The third-order valence-corrected chi connectivity index (χ3v) is 18.5. The number of aromatic nitrogens is 5. The fraction of sp³-hybridized carbons (Fsp3) is 0.404. The summed E-state index contributed by atoms with van der Waals surface area (Å²) in [6.07, 6.45) is -12.7. The number of hydrogen-bond donors (Lipinski definition) is 5. The van der Waals surface area contributed by atoms with Crippen molar-refractivity contribution in [3.05, 3.63) is 128 Å². The SMILES string of the molecule is Cc1cc(CP(=O)(O)O)c(C(C)(C)CC(=O)N(Cc2nn(CC(F)(F)F)c3c(-c4ccc(C#CC(C)(C)S(C)(=O)=O)nc4[C@H](Cc4cc(F)cc(F)c4)NC(=O)Cn4nc(C(F)(F)F)c5c4C(F)(F)[C@@H]4C[C@H]54)ccc(Cl)c23)S(=O)[O-])c(OP(=O)(O)O)c1. The molecule has 2 amide bonds. The molecular formula is C52H49ClF10N7O13P2S2-. The number of rotatable bonds is 19. The molecule has 4 atom stereocenters. The van der Waals surface area contributed by atoms with E-state index in [1.54, 1.807) is 0 Å². The molecule has 6 aromatic rings. The number of halogens is 11. The molecule has 2 aliphatic carbocycles. The molecule has 0 bridgehead atoms. The van der Waals surface area contributed by atoms with Crippen LogP contribution in [0.25, 0.3) is 22.0 Å². The summed E-state index contributed by atoms with van der Waals surface area (Å²) in [7, 11) is -14.4. The van der Waals surface area contributed by atoms with Gasteiger partial charge in [0.25, 0.3) is 5.92 Å². The van der Waals surface area contributed by atoms with Gasteiger partial charge in [0.1, 0.15) is 46.6 Å². The number of alkyl halides is 8. The number of hydrogen-bond acceptors (Lipinski definition) is 12. The summed E-state index contributed by atoms with van der Waals surface area (Å²) in [6.45, 7) is 1.64. The van der Waals surface area contributed by atoms with Crippen molar-refractivity contribution in [3.8, 4) is 28.7 Å². The van der Waals surface area contributed by atoms with Crippen molar-refractivity contribution in [1.29, 1.82) is 0 Å². The number of nitrogens with one attached hydrogen (secondary N) is 1. The molecule has 3 aromatic carbocycles. The highest BCUT2D eigenvalue weighted by molar-refractivity contribution is 7.92. The first kappa shape index (κ1) is 66.7. The van der Waals surface area contributed by atoms with Crippen LogP contribution in [0.15, 0.2) is 54.6 Å². The molecule has 2 aliphatic rings. The quantitative estimate of drug-likeness (QED) is 0.0218. The lowest BCUT2D eigenvalue weighted by molar-refractivity contribution is -0.143. The van der Waals surface area contributed by atoms with Gasteiger partial charge in [-0.1, -0.05) is 43.5 Å². The van der Waals surface area contributed by atoms with Crippen molar-refractivity contribution in [2.45, 2.75) is 120 Å². The predicted octanol–water partition coefficient (Wildman–Crippen LogP) is 9.24. The first-order valence-corrected chi connectivity index (χ1v) is 32.0. The molecule has 1 unspecified atom stereocenters. The monoisotopic (exact) mass is 1330 g/mol. The largest absolute Gasteiger partial charge is 0.755 e. The van der Waals surface area contributed by atoms with Crippen LogP contribution in [0.3, 0.4) is 0 Å². The Morgan fingerprint density at radius 1 is 0.966 bits per heavy atom. The van der Waals surface area contributed by atoms with E-state index in [0.29, 0.717) is 10.7 Å². The van der Waals surface area contributed by atoms with E-state index >= 15 is 8.78 Å². The zero-order valence-corrected chi connectivity index (χ0v) is 50.1. The lowest BCUT2D eigenvalue weighted by atomic mass is 9.78. The average molecular weight is 1330 g/mol. The summed E-state index contributed by atoms with van der Waals surface area (Å²) in [4.78, 5) is 72.7. The van der Waals surface area contributed by atoms with E-state index in [-0.39, 0.29) is 54.5 Å². The van der Waals surface area contributed by atoms with Gasteiger partial charge >= 0.3 is 27.8 Å². The standard InChI is InChI=1S/C52H50ClF10N7O13P2S2/c1-25-13-27(23-84(73,74)75)43(38(14-25)83-85(76,77)78)48(2,3)20-40(72)70(86(79)80)21-37-42-35(53)10-9-32(45(42)69(66-37)24-50(56,57)58)31-8-7-30(11-12-49(4,5)87(6,81)82)64-44(31)36(17-26-15-28(54)18-29(55)16-26)65-39(71)22-68-47-41(46(67-68)52(61,62)63)33-19-34(33)51(47,59)60/h7-10,13-16,18,33-34,36H,17,19-24H2,1-6H3,(H,65,71)(H,79,80)(H2,73,74,75)(H2,76,77,78)/p-1/t33-,34+,36-/m0/s1. The van der Waals surface area contributed by atoms with Gasteiger partial charge in [0, 0.05) is 57.7 Å². The number of fused-ring (bicyclic) bond motifs is 4. The number of carbonyl (C=O) groups is 2. The number of carbonyl (C=O) groups excluding carboxylic acids is 2. The molecule has 1 saturated carbocycles. The number of amides is 2. The zero-order chi connectivity index (χ0) is 64.9. The van der Waals surface area contributed by atoms with Gasteiger partial charge in [-0.15, -0.1) is 0 Å². The minimum Gasteiger partial charge on any atom is -0.755 e. The molecule has 0 radical (unpaired) electrons.